The van der Waals surface area contributed by atoms with E-state index in [1.54, 1.807) is 0 Å². The Balaban J connectivity index is 0.00000320. The van der Waals surface area contributed by atoms with Crippen molar-refractivity contribution in [3.8, 4) is 0 Å². The number of hydrogen-bond acceptors (Lipinski definition) is 5. The summed E-state index contributed by atoms with van der Waals surface area (Å²) in [4.78, 5) is 13.7. The third-order valence-electron chi connectivity index (χ3n) is 5.89. The highest BCUT2D eigenvalue weighted by molar-refractivity contribution is 14.0. The standard InChI is InChI=1S/C22H38N6O.HI/c1-23-22(25-12-17-29-20-9-5-3-4-6-10-20)26-18-19-8-7-11-24-21(19)28-15-13-27(2)14-16-28;/h7-8,11,20H,3-6,9-10,12-18H2,1-2H3,(H2,23,25,26);1H. The Labute approximate surface area is 199 Å². The molecule has 1 aliphatic carbocycles. The number of rotatable bonds is 7. The van der Waals surface area contributed by atoms with E-state index in [1.165, 1.54) is 44.1 Å². The molecule has 0 bridgehead atoms. The molecule has 3 rings (SSSR count). The van der Waals surface area contributed by atoms with Gasteiger partial charge in [-0.2, -0.15) is 0 Å². The number of likely N-dealkylation sites (N-methyl/N-ethyl adjacent to an activating group) is 1. The molecule has 170 valence electrons. The number of aliphatic imine (C=N–C) groups is 1. The third kappa shape index (κ3) is 8.19. The van der Waals surface area contributed by atoms with Gasteiger partial charge in [0.1, 0.15) is 5.82 Å². The smallest absolute Gasteiger partial charge is 0.191 e. The number of piperazine rings is 1. The van der Waals surface area contributed by atoms with Crippen LogP contribution in [0.15, 0.2) is 23.3 Å². The first-order valence-electron chi connectivity index (χ1n) is 11.2. The largest absolute Gasteiger partial charge is 0.376 e. The Kier molecular flexibility index (Phi) is 11.8. The Morgan fingerprint density at radius 2 is 1.87 bits per heavy atom. The van der Waals surface area contributed by atoms with E-state index in [-0.39, 0.29) is 24.0 Å². The molecule has 0 amide bonds. The predicted molar refractivity (Wildman–Crippen MR) is 135 cm³/mol. The molecule has 2 heterocycles. The normalized spacial score (nSPS) is 19.1. The van der Waals surface area contributed by atoms with Crippen LogP contribution in [0.3, 0.4) is 0 Å². The van der Waals surface area contributed by atoms with Gasteiger partial charge in [-0.15, -0.1) is 24.0 Å². The summed E-state index contributed by atoms with van der Waals surface area (Å²) in [6.45, 7) is 6.40. The zero-order chi connectivity index (χ0) is 20.3. The lowest BCUT2D eigenvalue weighted by Crippen LogP contribution is -2.45. The van der Waals surface area contributed by atoms with Gasteiger partial charge in [0, 0.05) is 58.1 Å². The highest BCUT2D eigenvalue weighted by atomic mass is 127. The average molecular weight is 530 g/mol. The van der Waals surface area contributed by atoms with Crippen molar-refractivity contribution in [3.63, 3.8) is 0 Å². The van der Waals surface area contributed by atoms with Crippen molar-refractivity contribution in [1.29, 1.82) is 0 Å². The second-order valence-electron chi connectivity index (χ2n) is 8.11. The van der Waals surface area contributed by atoms with E-state index in [0.717, 1.165) is 51.1 Å². The summed E-state index contributed by atoms with van der Waals surface area (Å²) in [5, 5.41) is 6.80. The van der Waals surface area contributed by atoms with Crippen molar-refractivity contribution in [3.05, 3.63) is 23.9 Å². The molecular weight excluding hydrogens is 491 g/mol. The lowest BCUT2D eigenvalue weighted by molar-refractivity contribution is 0.0468. The number of pyridine rings is 1. The van der Waals surface area contributed by atoms with Crippen LogP contribution in [0.1, 0.15) is 44.1 Å². The summed E-state index contributed by atoms with van der Waals surface area (Å²) in [5.41, 5.74) is 1.20. The maximum Gasteiger partial charge on any atom is 0.191 e. The summed E-state index contributed by atoms with van der Waals surface area (Å²) >= 11 is 0. The van der Waals surface area contributed by atoms with E-state index in [1.807, 2.05) is 19.3 Å². The molecule has 0 aromatic carbocycles. The third-order valence-corrected chi connectivity index (χ3v) is 5.89. The summed E-state index contributed by atoms with van der Waals surface area (Å²) in [7, 11) is 3.99. The predicted octanol–water partition coefficient (Wildman–Crippen LogP) is 2.86. The van der Waals surface area contributed by atoms with Crippen LogP contribution in [0.4, 0.5) is 5.82 Å². The Bertz CT molecular complexity index is 628. The van der Waals surface area contributed by atoms with Crippen LogP contribution in [-0.4, -0.2) is 75.4 Å². The molecule has 0 spiro atoms. The van der Waals surface area contributed by atoms with Gasteiger partial charge in [0.05, 0.1) is 12.7 Å². The molecule has 1 aliphatic heterocycles. The Morgan fingerprint density at radius 3 is 2.57 bits per heavy atom. The minimum Gasteiger partial charge on any atom is -0.376 e. The minimum absolute atomic E-state index is 0. The van der Waals surface area contributed by atoms with E-state index in [9.17, 15) is 0 Å². The van der Waals surface area contributed by atoms with Crippen LogP contribution < -0.4 is 15.5 Å². The van der Waals surface area contributed by atoms with Crippen molar-refractivity contribution in [2.24, 2.45) is 4.99 Å². The first-order valence-corrected chi connectivity index (χ1v) is 11.2. The fourth-order valence-corrected chi connectivity index (χ4v) is 4.07. The van der Waals surface area contributed by atoms with Crippen molar-refractivity contribution in [2.45, 2.75) is 51.2 Å². The first kappa shape index (κ1) is 25.1. The van der Waals surface area contributed by atoms with Crippen molar-refractivity contribution < 1.29 is 4.74 Å². The van der Waals surface area contributed by atoms with E-state index in [2.05, 4.69) is 43.5 Å². The fourth-order valence-electron chi connectivity index (χ4n) is 4.07. The van der Waals surface area contributed by atoms with Gasteiger partial charge in [0.25, 0.3) is 0 Å². The Morgan fingerprint density at radius 1 is 1.13 bits per heavy atom. The van der Waals surface area contributed by atoms with Gasteiger partial charge in [0.2, 0.25) is 0 Å². The maximum absolute atomic E-state index is 6.06. The van der Waals surface area contributed by atoms with Crippen molar-refractivity contribution >= 4 is 35.8 Å². The highest BCUT2D eigenvalue weighted by Crippen LogP contribution is 2.20. The van der Waals surface area contributed by atoms with Crippen LogP contribution in [0, 0.1) is 0 Å². The molecule has 30 heavy (non-hydrogen) atoms. The number of nitrogens with one attached hydrogen (secondary N) is 2. The molecule has 1 saturated heterocycles. The number of anilines is 1. The SMILES string of the molecule is CN=C(NCCOC1CCCCCC1)NCc1cccnc1N1CCN(C)CC1.I. The molecule has 8 heteroatoms. The molecule has 0 atom stereocenters. The van der Waals surface area contributed by atoms with Crippen molar-refractivity contribution in [2.75, 3.05) is 58.3 Å². The molecule has 0 unspecified atom stereocenters. The number of ether oxygens (including phenoxy) is 1. The number of halogens is 1. The zero-order valence-corrected chi connectivity index (χ0v) is 20.9. The lowest BCUT2D eigenvalue weighted by Gasteiger charge is -2.34. The monoisotopic (exact) mass is 530 g/mol. The van der Waals surface area contributed by atoms with Crippen LogP contribution >= 0.6 is 24.0 Å². The second kappa shape index (κ2) is 14.0. The molecule has 0 radical (unpaired) electrons. The summed E-state index contributed by atoms with van der Waals surface area (Å²) in [6.07, 6.45) is 10.1. The van der Waals surface area contributed by atoms with E-state index in [0.29, 0.717) is 12.6 Å². The van der Waals surface area contributed by atoms with Crippen LogP contribution in [0.25, 0.3) is 0 Å². The summed E-state index contributed by atoms with van der Waals surface area (Å²) < 4.78 is 6.06. The van der Waals surface area contributed by atoms with Crippen LogP contribution in [0.2, 0.25) is 0 Å². The molecule has 7 nitrogen and oxygen atoms in total. The minimum atomic E-state index is 0. The first-order chi connectivity index (χ1) is 14.3. The lowest BCUT2D eigenvalue weighted by atomic mass is 10.1. The number of hydrogen-bond donors (Lipinski definition) is 2. The topological polar surface area (TPSA) is 65.0 Å². The zero-order valence-electron chi connectivity index (χ0n) is 18.6. The number of aromatic nitrogens is 1. The van der Waals surface area contributed by atoms with Crippen LogP contribution in [-0.2, 0) is 11.3 Å². The summed E-state index contributed by atoms with van der Waals surface area (Å²) in [6, 6.07) is 4.16. The van der Waals surface area contributed by atoms with Gasteiger partial charge >= 0.3 is 0 Å². The number of nitrogens with zero attached hydrogens (tertiary/aromatic N) is 4. The highest BCUT2D eigenvalue weighted by Gasteiger charge is 2.18. The van der Waals surface area contributed by atoms with Gasteiger partial charge in [0.15, 0.2) is 5.96 Å². The average Bonchev–Trinajstić information content (AvgIpc) is 3.03. The molecule has 2 aliphatic rings. The van der Waals surface area contributed by atoms with Crippen LogP contribution in [0.5, 0.6) is 0 Å². The maximum atomic E-state index is 6.06. The second-order valence-corrected chi connectivity index (χ2v) is 8.11. The fraction of sp³-hybridized carbons (Fsp3) is 0.727. The molecule has 2 fully saturated rings. The molecule has 1 saturated carbocycles. The van der Waals surface area contributed by atoms with E-state index < -0.39 is 0 Å². The molecule has 2 N–H and O–H groups in total. The van der Waals surface area contributed by atoms with Gasteiger partial charge < -0.3 is 25.2 Å². The molecule has 1 aromatic heterocycles. The van der Waals surface area contributed by atoms with Gasteiger partial charge in [-0.25, -0.2) is 4.98 Å². The molecule has 1 aromatic rings. The van der Waals surface area contributed by atoms with Gasteiger partial charge in [-0.1, -0.05) is 31.7 Å². The summed E-state index contributed by atoms with van der Waals surface area (Å²) in [5.74, 6) is 1.89. The van der Waals surface area contributed by atoms with Gasteiger partial charge in [-0.05, 0) is 26.0 Å². The number of guanidine groups is 1. The quantitative estimate of drug-likeness (QED) is 0.186. The Hall–Kier alpha value is -1.13. The van der Waals surface area contributed by atoms with Crippen molar-refractivity contribution in [1.82, 2.24) is 20.5 Å². The molecular formula is C22H39IN6O. The van der Waals surface area contributed by atoms with E-state index >= 15 is 0 Å². The van der Waals surface area contributed by atoms with E-state index in [4.69, 9.17) is 4.74 Å². The van der Waals surface area contributed by atoms with Gasteiger partial charge in [-0.3, -0.25) is 4.99 Å².